The van der Waals surface area contributed by atoms with Gasteiger partial charge in [-0.15, -0.1) is 0 Å². The van der Waals surface area contributed by atoms with E-state index in [1.165, 1.54) is 0 Å². The van der Waals surface area contributed by atoms with Gasteiger partial charge in [-0.05, 0) is 24.5 Å². The van der Waals surface area contributed by atoms with Gasteiger partial charge in [0.2, 0.25) is 5.91 Å². The van der Waals surface area contributed by atoms with Crippen LogP contribution >= 0.6 is 0 Å². The predicted molar refractivity (Wildman–Crippen MR) is 75.2 cm³/mol. The van der Waals surface area contributed by atoms with Gasteiger partial charge in [-0.3, -0.25) is 4.79 Å². The van der Waals surface area contributed by atoms with E-state index in [4.69, 9.17) is 9.47 Å². The average Bonchev–Trinajstić information content (AvgIpc) is 2.40. The van der Waals surface area contributed by atoms with E-state index in [9.17, 15) is 4.79 Å². The molecule has 0 unspecified atom stereocenters. The molecule has 4 nitrogen and oxygen atoms in total. The molecule has 0 heterocycles. The Hall–Kier alpha value is -1.39. The zero-order valence-electron chi connectivity index (χ0n) is 11.8. The van der Waals surface area contributed by atoms with Crippen LogP contribution in [0.3, 0.4) is 0 Å². The summed E-state index contributed by atoms with van der Waals surface area (Å²) in [4.78, 5) is 11.7. The lowest BCUT2D eigenvalue weighted by atomic mass is 10.1. The molecule has 0 bridgehead atoms. The van der Waals surface area contributed by atoms with Gasteiger partial charge in [-0.1, -0.05) is 24.3 Å². The van der Waals surface area contributed by atoms with Crippen LogP contribution in [0.2, 0.25) is 0 Å². The summed E-state index contributed by atoms with van der Waals surface area (Å²) in [5.41, 5.74) is 2.23. The van der Waals surface area contributed by atoms with Crippen molar-refractivity contribution >= 4 is 5.91 Å². The topological polar surface area (TPSA) is 47.6 Å². The van der Waals surface area contributed by atoms with Crippen LogP contribution in [0, 0.1) is 6.92 Å². The van der Waals surface area contributed by atoms with E-state index in [1.54, 1.807) is 7.11 Å². The zero-order valence-corrected chi connectivity index (χ0v) is 11.8. The number of ether oxygens (including phenoxy) is 2. The number of carbonyl (C=O) groups is 1. The van der Waals surface area contributed by atoms with E-state index in [0.717, 1.165) is 17.5 Å². The number of carbonyl (C=O) groups excluding carboxylic acids is 1. The van der Waals surface area contributed by atoms with Crippen molar-refractivity contribution in [2.24, 2.45) is 0 Å². The number of benzene rings is 1. The molecule has 0 radical (unpaired) electrons. The van der Waals surface area contributed by atoms with E-state index in [-0.39, 0.29) is 5.91 Å². The molecule has 0 spiro atoms. The quantitative estimate of drug-likeness (QED) is 0.691. The van der Waals surface area contributed by atoms with Gasteiger partial charge in [-0.25, -0.2) is 0 Å². The van der Waals surface area contributed by atoms with Crippen LogP contribution in [-0.4, -0.2) is 39.4 Å². The van der Waals surface area contributed by atoms with Crippen LogP contribution in [0.15, 0.2) is 24.3 Å². The second-order valence-corrected chi connectivity index (χ2v) is 4.41. The average molecular weight is 265 g/mol. The lowest BCUT2D eigenvalue weighted by Gasteiger charge is -2.07. The van der Waals surface area contributed by atoms with Crippen LogP contribution < -0.4 is 5.32 Å². The first kappa shape index (κ1) is 15.7. The Morgan fingerprint density at radius 2 is 2.00 bits per heavy atom. The van der Waals surface area contributed by atoms with Gasteiger partial charge in [0.1, 0.15) is 0 Å². The normalized spacial score (nSPS) is 10.4. The molecule has 0 aliphatic rings. The largest absolute Gasteiger partial charge is 0.382 e. The van der Waals surface area contributed by atoms with Crippen LogP contribution in [0.25, 0.3) is 0 Å². The molecular weight excluding hydrogens is 242 g/mol. The fourth-order valence-corrected chi connectivity index (χ4v) is 1.69. The first-order chi connectivity index (χ1) is 9.24. The third-order valence-corrected chi connectivity index (χ3v) is 2.83. The van der Waals surface area contributed by atoms with Crippen molar-refractivity contribution in [3.8, 4) is 0 Å². The van der Waals surface area contributed by atoms with Gasteiger partial charge in [-0.2, -0.15) is 0 Å². The first-order valence-corrected chi connectivity index (χ1v) is 6.62. The van der Waals surface area contributed by atoms with Crippen molar-refractivity contribution in [2.45, 2.75) is 19.8 Å². The maximum absolute atomic E-state index is 11.7. The molecule has 0 saturated carbocycles. The molecule has 1 rings (SSSR count). The van der Waals surface area contributed by atoms with E-state index in [0.29, 0.717) is 32.8 Å². The van der Waals surface area contributed by atoms with Gasteiger partial charge in [0, 0.05) is 20.3 Å². The lowest BCUT2D eigenvalue weighted by molar-refractivity contribution is -0.120. The fraction of sp³-hybridized carbons (Fsp3) is 0.533. The number of hydrogen-bond donors (Lipinski definition) is 1. The summed E-state index contributed by atoms with van der Waals surface area (Å²) < 4.78 is 10.2. The lowest BCUT2D eigenvalue weighted by Crippen LogP contribution is -2.27. The molecular formula is C15H23NO3. The summed E-state index contributed by atoms with van der Waals surface area (Å²) in [6, 6.07) is 7.95. The van der Waals surface area contributed by atoms with Crippen LogP contribution in [0.1, 0.15) is 17.5 Å². The molecule has 106 valence electrons. The summed E-state index contributed by atoms with van der Waals surface area (Å²) in [5.74, 6) is 0.0613. The SMILES string of the molecule is COCCOCCCNC(=O)Cc1ccccc1C. The van der Waals surface area contributed by atoms with Crippen molar-refractivity contribution in [1.29, 1.82) is 0 Å². The molecule has 0 atom stereocenters. The number of nitrogens with one attached hydrogen (secondary N) is 1. The van der Waals surface area contributed by atoms with Gasteiger partial charge in [0.15, 0.2) is 0 Å². The highest BCUT2D eigenvalue weighted by atomic mass is 16.5. The molecule has 0 saturated heterocycles. The highest BCUT2D eigenvalue weighted by Gasteiger charge is 2.04. The molecule has 19 heavy (non-hydrogen) atoms. The molecule has 4 heteroatoms. The number of aryl methyl sites for hydroxylation is 1. The molecule has 1 aromatic carbocycles. The number of hydrogen-bond acceptors (Lipinski definition) is 3. The highest BCUT2D eigenvalue weighted by molar-refractivity contribution is 5.78. The highest BCUT2D eigenvalue weighted by Crippen LogP contribution is 2.07. The van der Waals surface area contributed by atoms with Gasteiger partial charge >= 0.3 is 0 Å². The minimum Gasteiger partial charge on any atom is -0.382 e. The van der Waals surface area contributed by atoms with Crippen LogP contribution in [0.4, 0.5) is 0 Å². The van der Waals surface area contributed by atoms with E-state index < -0.39 is 0 Å². The standard InChI is InChI=1S/C15H23NO3/c1-13-6-3-4-7-14(13)12-15(17)16-8-5-9-19-11-10-18-2/h3-4,6-7H,5,8-12H2,1-2H3,(H,16,17). The summed E-state index contributed by atoms with van der Waals surface area (Å²) in [7, 11) is 1.65. The van der Waals surface area contributed by atoms with Gasteiger partial charge in [0.25, 0.3) is 0 Å². The monoisotopic (exact) mass is 265 g/mol. The van der Waals surface area contributed by atoms with E-state index in [1.807, 2.05) is 31.2 Å². The summed E-state index contributed by atoms with van der Waals surface area (Å²) in [6.45, 7) is 4.53. The second-order valence-electron chi connectivity index (χ2n) is 4.41. The number of methoxy groups -OCH3 is 1. The Morgan fingerprint density at radius 3 is 2.74 bits per heavy atom. The first-order valence-electron chi connectivity index (χ1n) is 6.62. The minimum absolute atomic E-state index is 0.0613. The Balaban J connectivity index is 2.10. The van der Waals surface area contributed by atoms with Crippen molar-refractivity contribution in [1.82, 2.24) is 5.32 Å². The summed E-state index contributed by atoms with van der Waals surface area (Å²) in [5, 5.41) is 2.90. The number of rotatable bonds is 9. The zero-order chi connectivity index (χ0) is 13.9. The maximum Gasteiger partial charge on any atom is 0.224 e. The van der Waals surface area contributed by atoms with Crippen molar-refractivity contribution in [2.75, 3.05) is 33.5 Å². The van der Waals surface area contributed by atoms with Gasteiger partial charge in [0.05, 0.1) is 19.6 Å². The summed E-state index contributed by atoms with van der Waals surface area (Å²) in [6.07, 6.45) is 1.26. The van der Waals surface area contributed by atoms with Crippen molar-refractivity contribution in [3.05, 3.63) is 35.4 Å². The predicted octanol–water partition coefficient (Wildman–Crippen LogP) is 1.71. The van der Waals surface area contributed by atoms with E-state index in [2.05, 4.69) is 5.32 Å². The van der Waals surface area contributed by atoms with Crippen molar-refractivity contribution < 1.29 is 14.3 Å². The Morgan fingerprint density at radius 1 is 1.21 bits per heavy atom. The smallest absolute Gasteiger partial charge is 0.224 e. The Kier molecular flexibility index (Phi) is 7.86. The Bertz CT molecular complexity index is 379. The fourth-order valence-electron chi connectivity index (χ4n) is 1.69. The molecule has 1 N–H and O–H groups in total. The molecule has 0 aliphatic carbocycles. The maximum atomic E-state index is 11.7. The third kappa shape index (κ3) is 6.94. The second kappa shape index (κ2) is 9.53. The molecule has 1 amide bonds. The number of amides is 1. The van der Waals surface area contributed by atoms with Crippen LogP contribution in [0.5, 0.6) is 0 Å². The Labute approximate surface area is 115 Å². The molecule has 1 aromatic rings. The van der Waals surface area contributed by atoms with Crippen molar-refractivity contribution in [3.63, 3.8) is 0 Å². The molecule has 0 fully saturated rings. The molecule has 0 aliphatic heterocycles. The summed E-state index contributed by atoms with van der Waals surface area (Å²) >= 11 is 0. The van der Waals surface area contributed by atoms with Gasteiger partial charge < -0.3 is 14.8 Å². The van der Waals surface area contributed by atoms with E-state index >= 15 is 0 Å². The minimum atomic E-state index is 0.0613. The van der Waals surface area contributed by atoms with Crippen LogP contribution in [-0.2, 0) is 20.7 Å². The molecule has 0 aromatic heterocycles. The third-order valence-electron chi connectivity index (χ3n) is 2.83.